The van der Waals surface area contributed by atoms with Crippen molar-refractivity contribution in [3.63, 3.8) is 0 Å². The van der Waals surface area contributed by atoms with Crippen LogP contribution in [0.5, 0.6) is 11.5 Å². The van der Waals surface area contributed by atoms with Crippen LogP contribution in [0, 0.1) is 0 Å². The van der Waals surface area contributed by atoms with Gasteiger partial charge in [-0.3, -0.25) is 0 Å². The molecule has 2 unspecified atom stereocenters. The zero-order valence-electron chi connectivity index (χ0n) is 12.7. The average molecular weight is 291 g/mol. The molecular formula is C17H25NO3. The van der Waals surface area contributed by atoms with E-state index in [4.69, 9.17) is 9.47 Å². The summed E-state index contributed by atoms with van der Waals surface area (Å²) in [4.78, 5) is 0. The van der Waals surface area contributed by atoms with Gasteiger partial charge in [0.05, 0.1) is 13.2 Å². The van der Waals surface area contributed by atoms with Gasteiger partial charge in [0, 0.05) is 18.0 Å². The van der Waals surface area contributed by atoms with E-state index < -0.39 is 0 Å². The summed E-state index contributed by atoms with van der Waals surface area (Å²) in [6.07, 6.45) is 5.53. The van der Waals surface area contributed by atoms with Crippen molar-refractivity contribution in [2.24, 2.45) is 0 Å². The first kappa shape index (κ1) is 14.7. The molecule has 4 heteroatoms. The number of ether oxygens (including phenoxy) is 2. The van der Waals surface area contributed by atoms with Crippen LogP contribution < -0.4 is 14.8 Å². The van der Waals surface area contributed by atoms with Gasteiger partial charge in [-0.15, -0.1) is 0 Å². The minimum absolute atomic E-state index is 0.128. The van der Waals surface area contributed by atoms with E-state index in [2.05, 4.69) is 5.32 Å². The van der Waals surface area contributed by atoms with Crippen LogP contribution in [-0.2, 0) is 0 Å². The highest BCUT2D eigenvalue weighted by atomic mass is 16.5. The molecule has 0 heterocycles. The molecule has 0 aromatic heterocycles. The number of benzene rings is 1. The Hall–Kier alpha value is -1.26. The molecule has 2 saturated carbocycles. The summed E-state index contributed by atoms with van der Waals surface area (Å²) < 4.78 is 11.5. The summed E-state index contributed by atoms with van der Waals surface area (Å²) >= 11 is 0. The second-order valence-electron chi connectivity index (χ2n) is 6.24. The summed E-state index contributed by atoms with van der Waals surface area (Å²) in [7, 11) is 0. The topological polar surface area (TPSA) is 50.7 Å². The molecule has 2 fully saturated rings. The highest BCUT2D eigenvalue weighted by Crippen LogP contribution is 2.36. The van der Waals surface area contributed by atoms with Crippen LogP contribution >= 0.6 is 0 Å². The van der Waals surface area contributed by atoms with Gasteiger partial charge in [0.2, 0.25) is 0 Å². The Morgan fingerprint density at radius 1 is 1.19 bits per heavy atom. The first-order chi connectivity index (χ1) is 10.2. The van der Waals surface area contributed by atoms with Gasteiger partial charge in [0.15, 0.2) is 0 Å². The van der Waals surface area contributed by atoms with Gasteiger partial charge < -0.3 is 19.9 Å². The summed E-state index contributed by atoms with van der Waals surface area (Å²) in [5.41, 5.74) is -0.128. The van der Waals surface area contributed by atoms with E-state index in [1.807, 2.05) is 31.2 Å². The number of aliphatic hydroxyl groups excluding tert-OH is 1. The number of hydrogen-bond donors (Lipinski definition) is 2. The lowest BCUT2D eigenvalue weighted by Gasteiger charge is -2.28. The molecule has 4 nitrogen and oxygen atoms in total. The summed E-state index contributed by atoms with van der Waals surface area (Å²) in [5.74, 6) is 1.75. The zero-order valence-corrected chi connectivity index (χ0v) is 12.7. The van der Waals surface area contributed by atoms with Crippen molar-refractivity contribution in [2.45, 2.75) is 56.7 Å². The Morgan fingerprint density at radius 2 is 1.90 bits per heavy atom. The van der Waals surface area contributed by atoms with E-state index in [-0.39, 0.29) is 18.2 Å². The third kappa shape index (κ3) is 3.69. The predicted molar refractivity (Wildman–Crippen MR) is 81.9 cm³/mol. The molecule has 0 saturated heterocycles. The first-order valence-electron chi connectivity index (χ1n) is 8.01. The molecule has 1 aromatic rings. The monoisotopic (exact) mass is 291 g/mol. The molecule has 2 atom stereocenters. The van der Waals surface area contributed by atoms with E-state index >= 15 is 0 Å². The van der Waals surface area contributed by atoms with E-state index in [0.717, 1.165) is 30.8 Å². The molecule has 2 aliphatic carbocycles. The fourth-order valence-electron chi connectivity index (χ4n) is 3.13. The van der Waals surface area contributed by atoms with Gasteiger partial charge in [-0.2, -0.15) is 0 Å². The van der Waals surface area contributed by atoms with Crippen LogP contribution in [-0.4, -0.2) is 36.0 Å². The molecule has 0 amide bonds. The largest absolute Gasteiger partial charge is 0.494 e. The first-order valence-corrected chi connectivity index (χ1v) is 8.01. The smallest absolute Gasteiger partial charge is 0.119 e. The number of nitrogens with one attached hydrogen (secondary N) is 1. The SMILES string of the molecule is CCOc1ccc(OC2CCC(CO)(NC3CC3)C2)cc1. The van der Waals surface area contributed by atoms with Crippen molar-refractivity contribution in [2.75, 3.05) is 13.2 Å². The molecule has 116 valence electrons. The summed E-state index contributed by atoms with van der Waals surface area (Å²) in [6.45, 7) is 2.85. The fraction of sp³-hybridized carbons (Fsp3) is 0.647. The van der Waals surface area contributed by atoms with E-state index in [0.29, 0.717) is 12.6 Å². The van der Waals surface area contributed by atoms with Gasteiger partial charge >= 0.3 is 0 Å². The maximum absolute atomic E-state index is 9.74. The summed E-state index contributed by atoms with van der Waals surface area (Å²) in [6, 6.07) is 8.41. The van der Waals surface area contributed by atoms with Crippen LogP contribution in [0.4, 0.5) is 0 Å². The Balaban J connectivity index is 1.55. The van der Waals surface area contributed by atoms with Gasteiger partial charge in [0.1, 0.15) is 17.6 Å². The highest BCUT2D eigenvalue weighted by molar-refractivity contribution is 5.31. The van der Waals surface area contributed by atoms with Crippen molar-refractivity contribution in [1.29, 1.82) is 0 Å². The van der Waals surface area contributed by atoms with Gasteiger partial charge in [-0.05, 0) is 56.9 Å². The van der Waals surface area contributed by atoms with Crippen LogP contribution in [0.25, 0.3) is 0 Å². The number of hydrogen-bond acceptors (Lipinski definition) is 4. The maximum atomic E-state index is 9.74. The van der Waals surface area contributed by atoms with Crippen LogP contribution in [0.1, 0.15) is 39.0 Å². The minimum atomic E-state index is -0.128. The molecule has 2 N–H and O–H groups in total. The lowest BCUT2D eigenvalue weighted by atomic mass is 9.98. The molecule has 21 heavy (non-hydrogen) atoms. The summed E-state index contributed by atoms with van der Waals surface area (Å²) in [5, 5.41) is 13.3. The standard InChI is InChI=1S/C17H25NO3/c1-2-20-14-5-7-15(8-6-14)21-16-9-10-17(11-16,12-19)18-13-3-4-13/h5-8,13,16,18-19H,2-4,9-12H2,1H3. The highest BCUT2D eigenvalue weighted by Gasteiger charge is 2.42. The van der Waals surface area contributed by atoms with E-state index in [9.17, 15) is 5.11 Å². The second kappa shape index (κ2) is 6.24. The minimum Gasteiger partial charge on any atom is -0.494 e. The zero-order chi connectivity index (χ0) is 14.7. The van der Waals surface area contributed by atoms with Crippen LogP contribution in [0.2, 0.25) is 0 Å². The molecule has 3 rings (SSSR count). The normalized spacial score (nSPS) is 28.6. The Bertz CT molecular complexity index is 458. The van der Waals surface area contributed by atoms with Crippen molar-refractivity contribution in [3.8, 4) is 11.5 Å². The Kier molecular flexibility index (Phi) is 4.36. The van der Waals surface area contributed by atoms with Crippen LogP contribution in [0.3, 0.4) is 0 Å². The molecular weight excluding hydrogens is 266 g/mol. The maximum Gasteiger partial charge on any atom is 0.119 e. The van der Waals surface area contributed by atoms with E-state index in [1.165, 1.54) is 12.8 Å². The fourth-order valence-corrected chi connectivity index (χ4v) is 3.13. The van der Waals surface area contributed by atoms with Gasteiger partial charge in [-0.25, -0.2) is 0 Å². The Morgan fingerprint density at radius 3 is 2.52 bits per heavy atom. The third-order valence-corrected chi connectivity index (χ3v) is 4.39. The molecule has 0 radical (unpaired) electrons. The molecule has 1 aromatic carbocycles. The van der Waals surface area contributed by atoms with Gasteiger partial charge in [-0.1, -0.05) is 0 Å². The number of rotatable bonds is 7. The molecule has 2 aliphatic rings. The molecule has 0 aliphatic heterocycles. The average Bonchev–Trinajstić information content (AvgIpc) is 3.21. The van der Waals surface area contributed by atoms with Crippen molar-refractivity contribution >= 4 is 0 Å². The van der Waals surface area contributed by atoms with Crippen molar-refractivity contribution in [3.05, 3.63) is 24.3 Å². The number of aliphatic hydroxyl groups is 1. The molecule has 0 bridgehead atoms. The van der Waals surface area contributed by atoms with Crippen LogP contribution in [0.15, 0.2) is 24.3 Å². The third-order valence-electron chi connectivity index (χ3n) is 4.39. The van der Waals surface area contributed by atoms with E-state index in [1.54, 1.807) is 0 Å². The Labute approximate surface area is 126 Å². The van der Waals surface area contributed by atoms with Crippen molar-refractivity contribution in [1.82, 2.24) is 5.32 Å². The lowest BCUT2D eigenvalue weighted by Crippen LogP contribution is -2.48. The predicted octanol–water partition coefficient (Wildman–Crippen LogP) is 2.50. The van der Waals surface area contributed by atoms with Gasteiger partial charge in [0.25, 0.3) is 0 Å². The quantitative estimate of drug-likeness (QED) is 0.810. The molecule has 0 spiro atoms. The van der Waals surface area contributed by atoms with Crippen molar-refractivity contribution < 1.29 is 14.6 Å². The second-order valence-corrected chi connectivity index (χ2v) is 6.24. The lowest BCUT2D eigenvalue weighted by molar-refractivity contribution is 0.139.